The number of nitrogens with zero attached hydrogens (tertiary/aromatic N) is 1. The van der Waals surface area contributed by atoms with E-state index in [9.17, 15) is 9.90 Å². The zero-order valence-corrected chi connectivity index (χ0v) is 19.3. The van der Waals surface area contributed by atoms with Gasteiger partial charge in [0.25, 0.3) is 0 Å². The molecule has 2 heterocycles. The minimum Gasteiger partial charge on any atom is -0.497 e. The van der Waals surface area contributed by atoms with Crippen LogP contribution in [0.15, 0.2) is 36.4 Å². The Morgan fingerprint density at radius 1 is 1.24 bits per heavy atom. The Bertz CT molecular complexity index is 972. The molecule has 2 N–H and O–H groups in total. The lowest BCUT2D eigenvalue weighted by molar-refractivity contribution is -0.130. The molecule has 4 rings (SSSR count). The normalized spacial score (nSPS) is 18.0. The Hall–Kier alpha value is -2.68. The van der Waals surface area contributed by atoms with E-state index < -0.39 is 6.10 Å². The van der Waals surface area contributed by atoms with Crippen LogP contribution < -0.4 is 24.3 Å². The van der Waals surface area contributed by atoms with Gasteiger partial charge < -0.3 is 34.3 Å². The topological polar surface area (TPSA) is 89.5 Å². The van der Waals surface area contributed by atoms with Crippen LogP contribution in [0.3, 0.4) is 0 Å². The van der Waals surface area contributed by atoms with Crippen molar-refractivity contribution < 1.29 is 28.8 Å². The summed E-state index contributed by atoms with van der Waals surface area (Å²) in [6, 6.07) is 11.0. The van der Waals surface area contributed by atoms with Crippen molar-refractivity contribution in [2.45, 2.75) is 38.0 Å². The first-order chi connectivity index (χ1) is 16.0. The van der Waals surface area contributed by atoms with Crippen LogP contribution in [0.1, 0.15) is 24.8 Å². The highest BCUT2D eigenvalue weighted by Crippen LogP contribution is 2.36. The van der Waals surface area contributed by atoms with Gasteiger partial charge in [-0.3, -0.25) is 4.79 Å². The molecule has 0 saturated carbocycles. The summed E-state index contributed by atoms with van der Waals surface area (Å²) in [5, 5.41) is 14.5. The quantitative estimate of drug-likeness (QED) is 0.482. The first-order valence-corrected chi connectivity index (χ1v) is 11.4. The molecular formula is C24H29ClN2O6. The smallest absolute Gasteiger partial charge is 0.231 e. The molecule has 0 bridgehead atoms. The number of ether oxygens (including phenoxy) is 4. The number of hydrogen-bond donors (Lipinski definition) is 2. The summed E-state index contributed by atoms with van der Waals surface area (Å²) in [7, 11) is 1.59. The van der Waals surface area contributed by atoms with Gasteiger partial charge in [-0.2, -0.15) is 0 Å². The molecular weight excluding hydrogens is 448 g/mol. The third kappa shape index (κ3) is 6.01. The van der Waals surface area contributed by atoms with E-state index in [1.807, 2.05) is 18.2 Å². The van der Waals surface area contributed by atoms with Crippen LogP contribution in [-0.2, 0) is 11.3 Å². The number of hydrogen-bond acceptors (Lipinski definition) is 7. The molecule has 2 aromatic rings. The minimum atomic E-state index is -0.777. The van der Waals surface area contributed by atoms with Crippen molar-refractivity contribution in [3.63, 3.8) is 0 Å². The Morgan fingerprint density at radius 2 is 2.03 bits per heavy atom. The van der Waals surface area contributed by atoms with E-state index in [0.717, 1.165) is 24.9 Å². The first kappa shape index (κ1) is 23.5. The van der Waals surface area contributed by atoms with E-state index in [-0.39, 0.29) is 31.9 Å². The number of benzene rings is 2. The summed E-state index contributed by atoms with van der Waals surface area (Å²) in [4.78, 5) is 14.2. The fourth-order valence-corrected chi connectivity index (χ4v) is 4.31. The number of likely N-dealkylation sites (tertiary alicyclic amines) is 1. The number of carbonyl (C=O) groups is 1. The van der Waals surface area contributed by atoms with Crippen LogP contribution in [0.25, 0.3) is 0 Å². The van der Waals surface area contributed by atoms with Crippen molar-refractivity contribution in [3.05, 3.63) is 47.0 Å². The lowest BCUT2D eigenvalue weighted by Crippen LogP contribution is -2.42. The molecule has 2 atom stereocenters. The van der Waals surface area contributed by atoms with Gasteiger partial charge in [-0.05, 0) is 43.1 Å². The fourth-order valence-electron chi connectivity index (χ4n) is 4.09. The van der Waals surface area contributed by atoms with E-state index in [0.29, 0.717) is 41.0 Å². The molecule has 2 aliphatic rings. The molecule has 1 fully saturated rings. The Morgan fingerprint density at radius 3 is 2.85 bits per heavy atom. The average molecular weight is 477 g/mol. The van der Waals surface area contributed by atoms with Crippen molar-refractivity contribution in [2.75, 3.05) is 33.6 Å². The number of halogens is 1. The first-order valence-electron chi connectivity index (χ1n) is 11.1. The molecule has 9 heteroatoms. The monoisotopic (exact) mass is 476 g/mol. The largest absolute Gasteiger partial charge is 0.497 e. The lowest BCUT2D eigenvalue weighted by atomic mass is 10.1. The molecule has 0 aromatic heterocycles. The van der Waals surface area contributed by atoms with Gasteiger partial charge in [-0.1, -0.05) is 17.7 Å². The number of methoxy groups -OCH3 is 1. The van der Waals surface area contributed by atoms with E-state index in [2.05, 4.69) is 5.32 Å². The minimum absolute atomic E-state index is 0.0687. The van der Waals surface area contributed by atoms with Crippen LogP contribution in [0.2, 0.25) is 5.02 Å². The number of β-amino-alcohol motifs (C(OH)–C–C–N with tert-alkyl or cyclic N) is 1. The second kappa shape index (κ2) is 11.0. The molecule has 1 amide bonds. The molecule has 1 saturated heterocycles. The van der Waals surface area contributed by atoms with Gasteiger partial charge in [-0.15, -0.1) is 0 Å². The summed E-state index contributed by atoms with van der Waals surface area (Å²) in [6.45, 7) is 1.87. The van der Waals surface area contributed by atoms with Crippen molar-refractivity contribution >= 4 is 17.5 Å². The zero-order chi connectivity index (χ0) is 23.2. The van der Waals surface area contributed by atoms with Crippen molar-refractivity contribution in [1.29, 1.82) is 0 Å². The molecule has 0 spiro atoms. The summed E-state index contributed by atoms with van der Waals surface area (Å²) in [5.74, 6) is 2.74. The fraction of sp³-hybridized carbons (Fsp3) is 0.458. The van der Waals surface area contributed by atoms with Crippen molar-refractivity contribution in [3.8, 4) is 23.0 Å². The molecule has 0 radical (unpaired) electrons. The van der Waals surface area contributed by atoms with E-state index in [1.54, 1.807) is 30.2 Å². The van der Waals surface area contributed by atoms with E-state index >= 15 is 0 Å². The van der Waals surface area contributed by atoms with Gasteiger partial charge in [0, 0.05) is 36.2 Å². The highest BCUT2D eigenvalue weighted by molar-refractivity contribution is 6.31. The number of rotatable bonds is 11. The van der Waals surface area contributed by atoms with E-state index in [1.165, 1.54) is 0 Å². The van der Waals surface area contributed by atoms with Gasteiger partial charge in [-0.25, -0.2) is 0 Å². The second-order valence-corrected chi connectivity index (χ2v) is 8.55. The molecule has 8 nitrogen and oxygen atoms in total. The summed E-state index contributed by atoms with van der Waals surface area (Å²) in [6.07, 6.45) is 1.30. The van der Waals surface area contributed by atoms with Gasteiger partial charge in [0.2, 0.25) is 12.7 Å². The number of fused-ring (bicyclic) bond motifs is 1. The maximum absolute atomic E-state index is 12.4. The molecule has 178 valence electrons. The number of aliphatic hydroxyl groups excluding tert-OH is 1. The molecule has 2 aromatic carbocycles. The average Bonchev–Trinajstić information content (AvgIpc) is 3.41. The molecule has 2 aliphatic heterocycles. The van der Waals surface area contributed by atoms with Gasteiger partial charge in [0.1, 0.15) is 24.2 Å². The highest BCUT2D eigenvalue weighted by atomic mass is 35.5. The number of carbonyl (C=O) groups excluding carboxylic acids is 1. The summed E-state index contributed by atoms with van der Waals surface area (Å²) in [5.41, 5.74) is 0.936. The van der Waals surface area contributed by atoms with E-state index in [4.69, 9.17) is 30.5 Å². The van der Waals surface area contributed by atoms with Crippen LogP contribution in [0, 0.1) is 0 Å². The van der Waals surface area contributed by atoms with Crippen molar-refractivity contribution in [1.82, 2.24) is 10.2 Å². The molecule has 2 unspecified atom stereocenters. The van der Waals surface area contributed by atoms with Crippen LogP contribution >= 0.6 is 11.6 Å². The van der Waals surface area contributed by atoms with Gasteiger partial charge >= 0.3 is 0 Å². The Labute approximate surface area is 198 Å². The molecule has 33 heavy (non-hydrogen) atoms. The van der Waals surface area contributed by atoms with Gasteiger partial charge in [0.15, 0.2) is 11.5 Å². The third-order valence-electron chi connectivity index (χ3n) is 5.85. The maximum atomic E-state index is 12.4. The van der Waals surface area contributed by atoms with Crippen LogP contribution in [0.5, 0.6) is 23.0 Å². The highest BCUT2D eigenvalue weighted by Gasteiger charge is 2.32. The van der Waals surface area contributed by atoms with Gasteiger partial charge in [0.05, 0.1) is 13.7 Å². The number of aliphatic hydroxyl groups is 1. The predicted octanol–water partition coefficient (Wildman–Crippen LogP) is 2.99. The SMILES string of the molecule is COc1cccc(OCC(O)CN2C(=O)CCC2CCNCc2cc3c(cc2Cl)OCO3)c1. The Kier molecular flexibility index (Phi) is 7.80. The summed E-state index contributed by atoms with van der Waals surface area (Å²) < 4.78 is 21.6. The third-order valence-corrected chi connectivity index (χ3v) is 6.21. The standard InChI is InChI=1S/C24H29ClN2O6/c1-30-19-3-2-4-20(10-19)31-14-18(28)13-27-17(5-6-24(27)29)7-8-26-12-16-9-22-23(11-21(16)25)33-15-32-22/h2-4,9-11,17-18,26,28H,5-8,12-15H2,1H3. The Balaban J connectivity index is 1.22. The van der Waals surface area contributed by atoms with Crippen molar-refractivity contribution in [2.24, 2.45) is 0 Å². The summed E-state index contributed by atoms with van der Waals surface area (Å²) >= 11 is 6.33. The molecule has 0 aliphatic carbocycles. The predicted molar refractivity (Wildman–Crippen MR) is 123 cm³/mol. The lowest BCUT2D eigenvalue weighted by Gasteiger charge is -2.27. The number of nitrogens with one attached hydrogen (secondary N) is 1. The number of amides is 1. The second-order valence-electron chi connectivity index (χ2n) is 8.14. The maximum Gasteiger partial charge on any atom is 0.231 e. The zero-order valence-electron chi connectivity index (χ0n) is 18.6. The van der Waals surface area contributed by atoms with Crippen LogP contribution in [-0.4, -0.2) is 61.7 Å². The van der Waals surface area contributed by atoms with Crippen LogP contribution in [0.4, 0.5) is 0 Å².